The second kappa shape index (κ2) is 7.23. The molecule has 0 aromatic carbocycles. The highest BCUT2D eigenvalue weighted by molar-refractivity contribution is 5.82. The van der Waals surface area contributed by atoms with Crippen molar-refractivity contribution >= 4 is 11.8 Å². The molecule has 0 aliphatic rings. The van der Waals surface area contributed by atoms with Crippen LogP contribution >= 0.6 is 0 Å². The van der Waals surface area contributed by atoms with E-state index in [4.69, 9.17) is 0 Å². The van der Waals surface area contributed by atoms with E-state index in [-0.39, 0.29) is 23.9 Å². The number of amides is 2. The maximum Gasteiger partial charge on any atom is 0.236 e. The summed E-state index contributed by atoms with van der Waals surface area (Å²) in [6.07, 6.45) is 0.320. The fourth-order valence-electron chi connectivity index (χ4n) is 0.978. The van der Waals surface area contributed by atoms with Gasteiger partial charge in [0.25, 0.3) is 0 Å². The van der Waals surface area contributed by atoms with Gasteiger partial charge in [-0.1, -0.05) is 0 Å². The van der Waals surface area contributed by atoms with Crippen LogP contribution in [-0.2, 0) is 9.59 Å². The van der Waals surface area contributed by atoms with Gasteiger partial charge in [-0.2, -0.15) is 0 Å². The number of nitrogens with one attached hydrogen (secondary N) is 3. The lowest BCUT2D eigenvalue weighted by Gasteiger charge is -2.11. The van der Waals surface area contributed by atoms with Crippen LogP contribution in [0.25, 0.3) is 0 Å². The summed E-state index contributed by atoms with van der Waals surface area (Å²) in [5.74, 6) is -0.128. The highest BCUT2D eigenvalue weighted by Gasteiger charge is 2.09. The normalized spacial score (nSPS) is 12.3. The van der Waals surface area contributed by atoms with Gasteiger partial charge in [0.1, 0.15) is 0 Å². The number of carbonyl (C=O) groups is 2. The molecule has 0 aromatic rings. The largest absolute Gasteiger partial charge is 0.354 e. The molecule has 1 unspecified atom stereocenters. The van der Waals surface area contributed by atoms with E-state index >= 15 is 0 Å². The summed E-state index contributed by atoms with van der Waals surface area (Å²) in [5, 5.41) is 8.25. The van der Waals surface area contributed by atoms with Gasteiger partial charge in [0.2, 0.25) is 11.8 Å². The first-order valence-corrected chi connectivity index (χ1v) is 5.21. The highest BCUT2D eigenvalue weighted by atomic mass is 16.2. The predicted molar refractivity (Wildman–Crippen MR) is 59.4 cm³/mol. The molecule has 0 saturated carbocycles. The van der Waals surface area contributed by atoms with Crippen molar-refractivity contribution in [2.75, 3.05) is 13.6 Å². The zero-order valence-electron chi connectivity index (χ0n) is 9.89. The van der Waals surface area contributed by atoms with Crippen LogP contribution in [-0.4, -0.2) is 37.5 Å². The quantitative estimate of drug-likeness (QED) is 0.566. The van der Waals surface area contributed by atoms with E-state index in [0.29, 0.717) is 13.0 Å². The second-order valence-corrected chi connectivity index (χ2v) is 3.77. The monoisotopic (exact) mass is 215 g/mol. The molecule has 5 heteroatoms. The highest BCUT2D eigenvalue weighted by Crippen LogP contribution is 1.84. The van der Waals surface area contributed by atoms with E-state index in [0.717, 1.165) is 0 Å². The minimum absolute atomic E-state index is 0.0394. The minimum atomic E-state index is -0.224. The Hall–Kier alpha value is -1.10. The maximum absolute atomic E-state index is 11.3. The van der Waals surface area contributed by atoms with Gasteiger partial charge in [-0.25, -0.2) is 0 Å². The van der Waals surface area contributed by atoms with Crippen molar-refractivity contribution in [2.45, 2.75) is 39.3 Å². The smallest absolute Gasteiger partial charge is 0.236 e. The maximum atomic E-state index is 11.3. The number of hydrogen-bond acceptors (Lipinski definition) is 3. The first-order valence-electron chi connectivity index (χ1n) is 5.21. The van der Waals surface area contributed by atoms with Crippen molar-refractivity contribution in [1.29, 1.82) is 0 Å². The lowest BCUT2D eigenvalue weighted by Crippen LogP contribution is -2.42. The molecule has 0 aliphatic heterocycles. The first kappa shape index (κ1) is 13.9. The number of rotatable bonds is 6. The van der Waals surface area contributed by atoms with Crippen LogP contribution in [0.4, 0.5) is 0 Å². The van der Waals surface area contributed by atoms with Gasteiger partial charge in [-0.15, -0.1) is 0 Å². The van der Waals surface area contributed by atoms with Crippen molar-refractivity contribution in [3.05, 3.63) is 0 Å². The molecule has 2 amide bonds. The van der Waals surface area contributed by atoms with E-state index < -0.39 is 0 Å². The fourth-order valence-corrected chi connectivity index (χ4v) is 0.978. The van der Waals surface area contributed by atoms with Gasteiger partial charge in [0.05, 0.1) is 6.04 Å². The zero-order chi connectivity index (χ0) is 11.8. The van der Waals surface area contributed by atoms with E-state index in [1.807, 2.05) is 13.8 Å². The summed E-state index contributed by atoms with van der Waals surface area (Å²) in [7, 11) is 1.72. The summed E-state index contributed by atoms with van der Waals surface area (Å²) in [6.45, 7) is 5.95. The molecule has 0 aromatic heterocycles. The number of hydrogen-bond donors (Lipinski definition) is 3. The van der Waals surface area contributed by atoms with Crippen molar-refractivity contribution in [3.8, 4) is 0 Å². The van der Waals surface area contributed by atoms with E-state index in [1.54, 1.807) is 14.0 Å². The van der Waals surface area contributed by atoms with Crippen LogP contribution in [0, 0.1) is 0 Å². The van der Waals surface area contributed by atoms with Crippen LogP contribution in [0.2, 0.25) is 0 Å². The second-order valence-electron chi connectivity index (χ2n) is 3.77. The molecule has 0 fully saturated rings. The molecule has 0 aliphatic carbocycles. The summed E-state index contributed by atoms with van der Waals surface area (Å²) in [6, 6.07) is -0.0809. The van der Waals surface area contributed by atoms with E-state index in [1.165, 1.54) is 0 Å². The third-order valence-corrected chi connectivity index (χ3v) is 1.93. The molecule has 0 spiro atoms. The van der Waals surface area contributed by atoms with Gasteiger partial charge >= 0.3 is 0 Å². The van der Waals surface area contributed by atoms with Crippen LogP contribution < -0.4 is 16.0 Å². The Bertz CT molecular complexity index is 217. The Morgan fingerprint density at radius 1 is 1.20 bits per heavy atom. The molecular formula is C10H21N3O2. The molecule has 0 rings (SSSR count). The summed E-state index contributed by atoms with van der Waals surface area (Å²) < 4.78 is 0. The molecular weight excluding hydrogens is 194 g/mol. The number of likely N-dealkylation sites (N-methyl/N-ethyl adjacent to an activating group) is 1. The van der Waals surface area contributed by atoms with Crippen LogP contribution in [0.3, 0.4) is 0 Å². The van der Waals surface area contributed by atoms with Crippen molar-refractivity contribution in [3.63, 3.8) is 0 Å². The Morgan fingerprint density at radius 3 is 2.27 bits per heavy atom. The number of carbonyl (C=O) groups excluding carboxylic acids is 2. The Kier molecular flexibility index (Phi) is 6.70. The molecule has 0 radical (unpaired) electrons. The van der Waals surface area contributed by atoms with Gasteiger partial charge in [0, 0.05) is 19.0 Å². The van der Waals surface area contributed by atoms with Gasteiger partial charge in [0.15, 0.2) is 0 Å². The molecule has 1 atom stereocenters. The minimum Gasteiger partial charge on any atom is -0.354 e. The van der Waals surface area contributed by atoms with Crippen molar-refractivity contribution in [2.24, 2.45) is 0 Å². The molecule has 3 N–H and O–H groups in total. The van der Waals surface area contributed by atoms with Gasteiger partial charge in [-0.05, 0) is 27.8 Å². The molecule has 88 valence electrons. The summed E-state index contributed by atoms with van der Waals surface area (Å²) in [4.78, 5) is 22.5. The lowest BCUT2D eigenvalue weighted by molar-refractivity contribution is -0.123. The third-order valence-electron chi connectivity index (χ3n) is 1.93. The Labute approximate surface area is 91.0 Å². The fraction of sp³-hybridized carbons (Fsp3) is 0.800. The lowest BCUT2D eigenvalue weighted by atomic mass is 10.3. The van der Waals surface area contributed by atoms with Crippen LogP contribution in [0.15, 0.2) is 0 Å². The average molecular weight is 215 g/mol. The van der Waals surface area contributed by atoms with Crippen LogP contribution in [0.5, 0.6) is 0 Å². The summed E-state index contributed by atoms with van der Waals surface area (Å²) >= 11 is 0. The van der Waals surface area contributed by atoms with E-state index in [9.17, 15) is 9.59 Å². The van der Waals surface area contributed by atoms with Crippen LogP contribution in [0.1, 0.15) is 27.2 Å². The summed E-state index contributed by atoms with van der Waals surface area (Å²) in [5.41, 5.74) is 0. The standard InChI is InChI=1S/C10H21N3O2/c1-7(2)13-9(14)5-6-12-10(15)8(3)11-4/h7-8,11H,5-6H2,1-4H3,(H,12,15)(H,13,14). The molecule has 0 bridgehead atoms. The van der Waals surface area contributed by atoms with E-state index in [2.05, 4.69) is 16.0 Å². The zero-order valence-corrected chi connectivity index (χ0v) is 9.89. The molecule has 5 nitrogen and oxygen atoms in total. The van der Waals surface area contributed by atoms with Crippen molar-refractivity contribution < 1.29 is 9.59 Å². The SMILES string of the molecule is CNC(C)C(=O)NCCC(=O)NC(C)C. The third kappa shape index (κ3) is 6.90. The average Bonchev–Trinajstić information content (AvgIpc) is 2.15. The Balaban J connectivity index is 3.61. The van der Waals surface area contributed by atoms with Gasteiger partial charge in [-0.3, -0.25) is 9.59 Å². The Morgan fingerprint density at radius 2 is 1.80 bits per heavy atom. The predicted octanol–water partition coefficient (Wildman–Crippen LogP) is -0.375. The molecule has 15 heavy (non-hydrogen) atoms. The van der Waals surface area contributed by atoms with Gasteiger partial charge < -0.3 is 16.0 Å². The topological polar surface area (TPSA) is 70.2 Å². The molecule has 0 heterocycles. The molecule has 0 saturated heterocycles. The van der Waals surface area contributed by atoms with Crippen molar-refractivity contribution in [1.82, 2.24) is 16.0 Å². The first-order chi connectivity index (χ1) is 6.97.